The van der Waals surface area contributed by atoms with Crippen LogP contribution >= 0.6 is 0 Å². The summed E-state index contributed by atoms with van der Waals surface area (Å²) >= 11 is 0. The summed E-state index contributed by atoms with van der Waals surface area (Å²) in [4.78, 5) is 14.8. The van der Waals surface area contributed by atoms with Crippen LogP contribution in [0.2, 0.25) is 0 Å². The number of nitriles is 1. The largest absolute Gasteiger partial charge is 0.494 e. The Labute approximate surface area is 186 Å². The predicted molar refractivity (Wildman–Crippen MR) is 118 cm³/mol. The fourth-order valence-corrected chi connectivity index (χ4v) is 5.02. The first-order valence-electron chi connectivity index (χ1n) is 11.1. The lowest BCUT2D eigenvalue weighted by Crippen LogP contribution is -2.42. The molecule has 0 bridgehead atoms. The second-order valence-corrected chi connectivity index (χ2v) is 8.80. The Morgan fingerprint density at radius 3 is 2.66 bits per heavy atom. The average Bonchev–Trinajstić information content (AvgIpc) is 3.57. The predicted octanol–water partition coefficient (Wildman–Crippen LogP) is 2.37. The van der Waals surface area contributed by atoms with Gasteiger partial charge in [-0.2, -0.15) is 15.5 Å². The van der Waals surface area contributed by atoms with Crippen LogP contribution in [0.1, 0.15) is 43.7 Å². The summed E-state index contributed by atoms with van der Waals surface area (Å²) in [6.45, 7) is 1.52. The van der Waals surface area contributed by atoms with Crippen molar-refractivity contribution in [3.63, 3.8) is 0 Å². The minimum Gasteiger partial charge on any atom is -0.494 e. The third kappa shape index (κ3) is 3.60. The van der Waals surface area contributed by atoms with Crippen molar-refractivity contribution in [3.8, 4) is 22.9 Å². The third-order valence-electron chi connectivity index (χ3n) is 6.82. The van der Waals surface area contributed by atoms with Crippen LogP contribution in [-0.2, 0) is 4.79 Å². The van der Waals surface area contributed by atoms with Crippen LogP contribution in [0.25, 0.3) is 16.6 Å². The fraction of sp³-hybridized carbons (Fsp3) is 0.478. The van der Waals surface area contributed by atoms with Crippen molar-refractivity contribution in [2.24, 2.45) is 11.7 Å². The zero-order chi connectivity index (χ0) is 22.2. The average molecular weight is 434 g/mol. The molecular formula is C23H27N7O2. The van der Waals surface area contributed by atoms with Crippen molar-refractivity contribution in [2.45, 2.75) is 44.2 Å². The molecule has 9 heteroatoms. The molecule has 0 aromatic carbocycles. The highest BCUT2D eigenvalue weighted by Gasteiger charge is 2.33. The number of hydrogen-bond acceptors (Lipinski definition) is 6. The molecule has 5 rings (SSSR count). The van der Waals surface area contributed by atoms with E-state index < -0.39 is 0 Å². The Balaban J connectivity index is 1.30. The molecule has 2 atom stereocenters. The number of likely N-dealkylation sites (tertiary alicyclic amines) is 1. The van der Waals surface area contributed by atoms with Crippen molar-refractivity contribution < 1.29 is 9.53 Å². The number of ether oxygens (including phenoxy) is 1. The van der Waals surface area contributed by atoms with Crippen molar-refractivity contribution in [2.75, 3.05) is 20.2 Å². The van der Waals surface area contributed by atoms with E-state index in [1.165, 1.54) is 0 Å². The number of nitrogens with zero attached hydrogens (tertiary/aromatic N) is 6. The van der Waals surface area contributed by atoms with Gasteiger partial charge in [-0.05, 0) is 38.2 Å². The van der Waals surface area contributed by atoms with Gasteiger partial charge in [0.2, 0.25) is 5.91 Å². The number of hydrogen-bond donors (Lipinski definition) is 1. The molecule has 1 aliphatic heterocycles. The molecule has 0 spiro atoms. The van der Waals surface area contributed by atoms with Crippen molar-refractivity contribution >= 4 is 11.4 Å². The van der Waals surface area contributed by atoms with Crippen LogP contribution in [0.4, 0.5) is 0 Å². The SMILES string of the molecule is COc1cc(-c2cnn(C3CCN(C(=O)[C@H]4CC[C@H](N)C4)CC3)c2)cn2ncc(C#N)c12. The molecule has 0 unspecified atom stereocenters. The van der Waals surface area contributed by atoms with Gasteiger partial charge in [0.1, 0.15) is 22.9 Å². The fourth-order valence-electron chi connectivity index (χ4n) is 5.02. The molecule has 2 aliphatic rings. The Morgan fingerprint density at radius 1 is 1.16 bits per heavy atom. The van der Waals surface area contributed by atoms with Crippen LogP contribution in [0.3, 0.4) is 0 Å². The zero-order valence-corrected chi connectivity index (χ0v) is 18.1. The van der Waals surface area contributed by atoms with Gasteiger partial charge in [0, 0.05) is 48.6 Å². The summed E-state index contributed by atoms with van der Waals surface area (Å²) in [5, 5.41) is 18.2. The number of carbonyl (C=O) groups excluding carboxylic acids is 1. The van der Waals surface area contributed by atoms with Crippen LogP contribution in [0, 0.1) is 17.2 Å². The van der Waals surface area contributed by atoms with Crippen LogP contribution in [0.15, 0.2) is 30.9 Å². The highest BCUT2D eigenvalue weighted by Crippen LogP contribution is 2.32. The molecule has 0 radical (unpaired) electrons. The molecule has 9 nitrogen and oxygen atoms in total. The van der Waals surface area contributed by atoms with E-state index in [1.807, 2.05) is 34.2 Å². The molecule has 1 aliphatic carbocycles. The number of rotatable bonds is 4. The number of pyridine rings is 1. The van der Waals surface area contributed by atoms with Crippen LogP contribution in [0.5, 0.6) is 5.75 Å². The van der Waals surface area contributed by atoms with Crippen molar-refractivity contribution in [1.29, 1.82) is 5.26 Å². The minimum atomic E-state index is 0.103. The summed E-state index contributed by atoms with van der Waals surface area (Å²) in [6.07, 6.45) is 11.8. The first-order chi connectivity index (χ1) is 15.6. The lowest BCUT2D eigenvalue weighted by atomic mass is 10.0. The van der Waals surface area contributed by atoms with E-state index in [1.54, 1.807) is 17.8 Å². The van der Waals surface area contributed by atoms with E-state index >= 15 is 0 Å². The highest BCUT2D eigenvalue weighted by molar-refractivity contribution is 5.79. The van der Waals surface area contributed by atoms with E-state index in [4.69, 9.17) is 10.5 Å². The van der Waals surface area contributed by atoms with Gasteiger partial charge in [-0.25, -0.2) is 4.52 Å². The van der Waals surface area contributed by atoms with E-state index in [0.717, 1.165) is 56.3 Å². The summed E-state index contributed by atoms with van der Waals surface area (Å²) in [5.41, 5.74) is 8.99. The number of aromatic nitrogens is 4. The lowest BCUT2D eigenvalue weighted by Gasteiger charge is -2.33. The highest BCUT2D eigenvalue weighted by atomic mass is 16.5. The van der Waals surface area contributed by atoms with Crippen molar-refractivity contribution in [3.05, 3.63) is 36.4 Å². The smallest absolute Gasteiger partial charge is 0.225 e. The second kappa shape index (κ2) is 8.28. The molecule has 3 aromatic heterocycles. The minimum absolute atomic E-state index is 0.103. The first-order valence-corrected chi connectivity index (χ1v) is 11.1. The monoisotopic (exact) mass is 433 g/mol. The summed E-state index contributed by atoms with van der Waals surface area (Å²) < 4.78 is 9.18. The van der Waals surface area contributed by atoms with E-state index in [0.29, 0.717) is 16.8 Å². The van der Waals surface area contributed by atoms with Gasteiger partial charge in [-0.3, -0.25) is 9.48 Å². The quantitative estimate of drug-likeness (QED) is 0.676. The maximum atomic E-state index is 12.8. The van der Waals surface area contributed by atoms with Gasteiger partial charge in [0.15, 0.2) is 0 Å². The van der Waals surface area contributed by atoms with Gasteiger partial charge < -0.3 is 15.4 Å². The normalized spacial score (nSPS) is 21.7. The number of fused-ring (bicyclic) bond motifs is 1. The van der Waals surface area contributed by atoms with Gasteiger partial charge >= 0.3 is 0 Å². The van der Waals surface area contributed by atoms with Gasteiger partial charge in [-0.1, -0.05) is 0 Å². The molecule has 2 N–H and O–H groups in total. The van der Waals surface area contributed by atoms with Gasteiger partial charge in [0.25, 0.3) is 0 Å². The molecule has 2 fully saturated rings. The summed E-state index contributed by atoms with van der Waals surface area (Å²) in [7, 11) is 1.59. The molecule has 1 saturated heterocycles. The first kappa shape index (κ1) is 20.5. The molecule has 166 valence electrons. The van der Waals surface area contributed by atoms with E-state index in [-0.39, 0.29) is 23.9 Å². The Kier molecular flexibility index (Phi) is 5.31. The van der Waals surface area contributed by atoms with Gasteiger partial charge in [0.05, 0.1) is 25.5 Å². The zero-order valence-electron chi connectivity index (χ0n) is 18.1. The number of nitrogens with two attached hydrogens (primary N) is 1. The topological polar surface area (TPSA) is 114 Å². The van der Waals surface area contributed by atoms with E-state index in [2.05, 4.69) is 16.3 Å². The number of amides is 1. The van der Waals surface area contributed by atoms with Gasteiger partial charge in [-0.15, -0.1) is 0 Å². The molecule has 32 heavy (non-hydrogen) atoms. The second-order valence-electron chi connectivity index (χ2n) is 8.80. The third-order valence-corrected chi connectivity index (χ3v) is 6.82. The Bertz CT molecular complexity index is 1180. The van der Waals surface area contributed by atoms with Crippen LogP contribution in [-0.4, -0.2) is 56.4 Å². The van der Waals surface area contributed by atoms with Crippen LogP contribution < -0.4 is 10.5 Å². The molecular weight excluding hydrogens is 406 g/mol. The van der Waals surface area contributed by atoms with Crippen molar-refractivity contribution in [1.82, 2.24) is 24.3 Å². The summed E-state index contributed by atoms with van der Waals surface area (Å²) in [5.74, 6) is 0.975. The molecule has 1 amide bonds. The standard InChI is InChI=1S/C23H27N7O2/c1-32-21-9-16(13-30-22(21)17(10-24)11-27-30)18-12-26-29(14-18)20-4-6-28(7-5-20)23(31)15-2-3-19(25)8-15/h9,11-15,19-20H,2-8,25H2,1H3/t15-,19-/m0/s1. The Hall–Kier alpha value is -3.38. The molecule has 3 aromatic rings. The Morgan fingerprint density at radius 2 is 1.97 bits per heavy atom. The lowest BCUT2D eigenvalue weighted by molar-refractivity contribution is -0.136. The maximum absolute atomic E-state index is 12.8. The molecule has 1 saturated carbocycles. The van der Waals surface area contributed by atoms with E-state index in [9.17, 15) is 10.1 Å². The number of methoxy groups -OCH3 is 1. The maximum Gasteiger partial charge on any atom is 0.225 e. The number of piperidine rings is 1. The number of carbonyl (C=O) groups is 1. The summed E-state index contributed by atoms with van der Waals surface area (Å²) in [6, 6.07) is 4.50. The molecule has 4 heterocycles.